The second-order valence-corrected chi connectivity index (χ2v) is 4.97. The number of nitrogens with two attached hydrogens (primary N) is 1. The fraction of sp³-hybridized carbons (Fsp3) is 0.462. The Morgan fingerprint density at radius 3 is 2.89 bits per heavy atom. The van der Waals surface area contributed by atoms with Crippen molar-refractivity contribution in [3.63, 3.8) is 0 Å². The number of nitrogens with one attached hydrogen (secondary N) is 1. The van der Waals surface area contributed by atoms with Crippen molar-refractivity contribution in [1.82, 2.24) is 0 Å². The van der Waals surface area contributed by atoms with Gasteiger partial charge in [0.15, 0.2) is 11.6 Å². The third kappa shape index (κ3) is 3.27. The zero-order valence-corrected chi connectivity index (χ0v) is 10.8. The number of methoxy groups -OCH3 is 1. The molecule has 4 N–H and O–H groups in total. The van der Waals surface area contributed by atoms with Crippen LogP contribution in [0.1, 0.15) is 19.3 Å². The minimum Gasteiger partial charge on any atom is -0.494 e. The lowest BCUT2D eigenvalue weighted by atomic mass is 10.0. The molecule has 0 atom stereocenters. The van der Waals surface area contributed by atoms with E-state index in [1.54, 1.807) is 12.1 Å². The van der Waals surface area contributed by atoms with Gasteiger partial charge in [-0.1, -0.05) is 5.16 Å². The first-order chi connectivity index (χ1) is 9.08. The summed E-state index contributed by atoms with van der Waals surface area (Å²) in [5.74, 6) is 0.0770. The fourth-order valence-corrected chi connectivity index (χ4v) is 2.07. The summed E-state index contributed by atoms with van der Waals surface area (Å²) in [6.07, 6.45) is 2.64. The molecule has 0 aliphatic heterocycles. The summed E-state index contributed by atoms with van der Waals surface area (Å²) < 4.78 is 18.2. The second kappa shape index (κ2) is 5.34. The van der Waals surface area contributed by atoms with Gasteiger partial charge in [0.05, 0.1) is 7.11 Å². The van der Waals surface area contributed by atoms with Crippen LogP contribution >= 0.6 is 0 Å². The number of halogens is 1. The summed E-state index contributed by atoms with van der Waals surface area (Å²) in [4.78, 5) is 0. The molecule has 0 aromatic heterocycles. The molecule has 0 spiro atoms. The summed E-state index contributed by atoms with van der Waals surface area (Å²) >= 11 is 0. The number of hydrogen-bond donors (Lipinski definition) is 3. The van der Waals surface area contributed by atoms with Gasteiger partial charge in [0.2, 0.25) is 0 Å². The van der Waals surface area contributed by atoms with Crippen LogP contribution in [0.5, 0.6) is 5.75 Å². The maximum absolute atomic E-state index is 13.3. The van der Waals surface area contributed by atoms with Crippen LogP contribution in [-0.4, -0.2) is 24.7 Å². The molecule has 6 heteroatoms. The van der Waals surface area contributed by atoms with Crippen LogP contribution in [0.25, 0.3) is 0 Å². The molecule has 19 heavy (non-hydrogen) atoms. The Morgan fingerprint density at radius 1 is 1.58 bits per heavy atom. The van der Waals surface area contributed by atoms with E-state index in [-0.39, 0.29) is 22.8 Å². The minimum absolute atomic E-state index is 0.0535. The first-order valence-corrected chi connectivity index (χ1v) is 6.12. The van der Waals surface area contributed by atoms with Gasteiger partial charge in [-0.25, -0.2) is 4.39 Å². The molecule has 1 aliphatic carbocycles. The van der Waals surface area contributed by atoms with E-state index in [0.29, 0.717) is 13.0 Å². The first kappa shape index (κ1) is 13.5. The van der Waals surface area contributed by atoms with Crippen molar-refractivity contribution in [1.29, 1.82) is 0 Å². The highest BCUT2D eigenvalue weighted by molar-refractivity contribution is 5.80. The van der Waals surface area contributed by atoms with Crippen LogP contribution in [0, 0.1) is 11.2 Å². The van der Waals surface area contributed by atoms with Crippen molar-refractivity contribution in [2.45, 2.75) is 19.3 Å². The van der Waals surface area contributed by atoms with Crippen LogP contribution in [0.15, 0.2) is 23.4 Å². The predicted molar refractivity (Wildman–Crippen MR) is 71.1 cm³/mol. The van der Waals surface area contributed by atoms with E-state index in [1.807, 2.05) is 0 Å². The lowest BCUT2D eigenvalue weighted by Crippen LogP contribution is -2.23. The lowest BCUT2D eigenvalue weighted by Gasteiger charge is -2.16. The van der Waals surface area contributed by atoms with Crippen LogP contribution in [0.3, 0.4) is 0 Å². The predicted octanol–water partition coefficient (Wildman–Crippen LogP) is 2.16. The number of ether oxygens (including phenoxy) is 1. The molecule has 5 nitrogen and oxygen atoms in total. The van der Waals surface area contributed by atoms with E-state index in [1.165, 1.54) is 13.2 Å². The molecule has 0 amide bonds. The maximum atomic E-state index is 13.3. The van der Waals surface area contributed by atoms with Crippen LogP contribution < -0.4 is 15.8 Å². The summed E-state index contributed by atoms with van der Waals surface area (Å²) in [6.45, 7) is 0.706. The Hall–Kier alpha value is -1.98. The highest BCUT2D eigenvalue weighted by atomic mass is 19.1. The molecule has 0 bridgehead atoms. The molecule has 2 rings (SSSR count). The molecule has 0 saturated heterocycles. The van der Waals surface area contributed by atoms with Gasteiger partial charge in [-0.3, -0.25) is 0 Å². The van der Waals surface area contributed by atoms with Crippen molar-refractivity contribution < 1.29 is 14.3 Å². The Balaban J connectivity index is 1.95. The lowest BCUT2D eigenvalue weighted by molar-refractivity contribution is 0.315. The molecule has 0 heterocycles. The molecule has 0 radical (unpaired) electrons. The van der Waals surface area contributed by atoms with E-state index in [9.17, 15) is 4.39 Å². The molecular formula is C13H18FN3O2. The molecule has 0 unspecified atom stereocenters. The van der Waals surface area contributed by atoms with Crippen LogP contribution in [0.4, 0.5) is 10.1 Å². The summed E-state index contributed by atoms with van der Waals surface area (Å²) in [6, 6.07) is 4.65. The smallest absolute Gasteiger partial charge is 0.165 e. The third-order valence-electron chi connectivity index (χ3n) is 3.46. The molecule has 1 aromatic rings. The van der Waals surface area contributed by atoms with Gasteiger partial charge in [0.25, 0.3) is 0 Å². The average molecular weight is 267 g/mol. The Kier molecular flexibility index (Phi) is 3.78. The topological polar surface area (TPSA) is 79.9 Å². The Morgan fingerprint density at radius 2 is 2.32 bits per heavy atom. The van der Waals surface area contributed by atoms with Gasteiger partial charge in [-0.05, 0) is 30.4 Å². The monoisotopic (exact) mass is 267 g/mol. The second-order valence-electron chi connectivity index (χ2n) is 4.97. The number of anilines is 1. The largest absolute Gasteiger partial charge is 0.494 e. The SMILES string of the molecule is COc1cc(NCC2(C/C(N)=N/O)CC2)ccc1F. The number of rotatable bonds is 6. The van der Waals surface area contributed by atoms with E-state index >= 15 is 0 Å². The highest BCUT2D eigenvalue weighted by Crippen LogP contribution is 2.48. The van der Waals surface area contributed by atoms with Crippen molar-refractivity contribution in [2.75, 3.05) is 19.0 Å². The zero-order chi connectivity index (χ0) is 13.9. The van der Waals surface area contributed by atoms with Gasteiger partial charge >= 0.3 is 0 Å². The van der Waals surface area contributed by atoms with Crippen molar-refractivity contribution in [3.05, 3.63) is 24.0 Å². The summed E-state index contributed by atoms with van der Waals surface area (Å²) in [5, 5.41) is 14.8. The molecule has 1 aromatic carbocycles. The standard InChI is InChI=1S/C13H18FN3O2/c1-19-11-6-9(2-3-10(11)14)16-8-13(4-5-13)7-12(15)17-18/h2-3,6,16,18H,4-5,7-8H2,1H3,(H2,15,17). The normalized spacial score (nSPS) is 17.1. The summed E-state index contributed by atoms with van der Waals surface area (Å²) in [5.41, 5.74) is 6.39. The van der Waals surface area contributed by atoms with E-state index in [4.69, 9.17) is 15.7 Å². The van der Waals surface area contributed by atoms with Crippen LogP contribution in [-0.2, 0) is 0 Å². The van der Waals surface area contributed by atoms with Gasteiger partial charge in [-0.2, -0.15) is 0 Å². The van der Waals surface area contributed by atoms with Gasteiger partial charge in [0.1, 0.15) is 5.84 Å². The number of amidine groups is 1. The molecule has 1 aliphatic rings. The van der Waals surface area contributed by atoms with Crippen molar-refractivity contribution in [2.24, 2.45) is 16.3 Å². The van der Waals surface area contributed by atoms with E-state index < -0.39 is 0 Å². The first-order valence-electron chi connectivity index (χ1n) is 6.12. The minimum atomic E-state index is -0.383. The van der Waals surface area contributed by atoms with E-state index in [0.717, 1.165) is 18.5 Å². The maximum Gasteiger partial charge on any atom is 0.165 e. The van der Waals surface area contributed by atoms with Gasteiger partial charge in [-0.15, -0.1) is 0 Å². The summed E-state index contributed by atoms with van der Waals surface area (Å²) in [7, 11) is 1.43. The number of benzene rings is 1. The van der Waals surface area contributed by atoms with Crippen molar-refractivity contribution >= 4 is 11.5 Å². The Bertz CT molecular complexity index is 487. The Labute approximate surface area is 111 Å². The molecule has 1 fully saturated rings. The average Bonchev–Trinajstić information content (AvgIpc) is 3.17. The van der Waals surface area contributed by atoms with Gasteiger partial charge in [0, 0.05) is 24.7 Å². The third-order valence-corrected chi connectivity index (χ3v) is 3.46. The quantitative estimate of drug-likeness (QED) is 0.319. The number of nitrogens with zero attached hydrogens (tertiary/aromatic N) is 1. The number of oxime groups is 1. The van der Waals surface area contributed by atoms with E-state index in [2.05, 4.69) is 10.5 Å². The zero-order valence-electron chi connectivity index (χ0n) is 10.8. The molecule has 104 valence electrons. The van der Waals surface area contributed by atoms with Crippen LogP contribution in [0.2, 0.25) is 0 Å². The number of hydrogen-bond acceptors (Lipinski definition) is 4. The fourth-order valence-electron chi connectivity index (χ4n) is 2.07. The molecular weight excluding hydrogens is 249 g/mol. The molecule has 1 saturated carbocycles. The highest BCUT2D eigenvalue weighted by Gasteiger charge is 2.43. The van der Waals surface area contributed by atoms with Crippen molar-refractivity contribution in [3.8, 4) is 5.75 Å². The van der Waals surface area contributed by atoms with Gasteiger partial charge < -0.3 is 21.0 Å².